The van der Waals surface area contributed by atoms with E-state index in [9.17, 15) is 9.50 Å². The highest BCUT2D eigenvalue weighted by molar-refractivity contribution is 6.33. The first kappa shape index (κ1) is 12.9. The molecule has 94 valence electrons. The van der Waals surface area contributed by atoms with Crippen LogP contribution in [0.1, 0.15) is 5.56 Å². The monoisotopic (exact) mass is 265 g/mol. The van der Waals surface area contributed by atoms with Crippen LogP contribution in [0.15, 0.2) is 42.5 Å². The molecule has 0 atom stereocenters. The number of aliphatic hydroxyl groups excluding tert-OH is 1. The minimum absolute atomic E-state index is 0.0958. The highest BCUT2D eigenvalue weighted by Gasteiger charge is 2.12. The van der Waals surface area contributed by atoms with Crippen LogP contribution in [-0.2, 0) is 6.61 Å². The molecule has 0 heterocycles. The van der Waals surface area contributed by atoms with E-state index >= 15 is 0 Å². The number of para-hydroxylation sites is 1. The molecule has 2 nitrogen and oxygen atoms in total. The molecular formula is C14H13ClFNO. The molecule has 0 bridgehead atoms. The fourth-order valence-corrected chi connectivity index (χ4v) is 2.18. The van der Waals surface area contributed by atoms with Gasteiger partial charge in [-0.25, -0.2) is 4.39 Å². The van der Waals surface area contributed by atoms with E-state index in [2.05, 4.69) is 0 Å². The van der Waals surface area contributed by atoms with Crippen molar-refractivity contribution in [3.63, 3.8) is 0 Å². The number of hydrogen-bond donors (Lipinski definition) is 1. The van der Waals surface area contributed by atoms with Gasteiger partial charge in [-0.15, -0.1) is 0 Å². The summed E-state index contributed by atoms with van der Waals surface area (Å²) >= 11 is 6.16. The summed E-state index contributed by atoms with van der Waals surface area (Å²) in [5, 5.41) is 9.89. The van der Waals surface area contributed by atoms with Gasteiger partial charge in [0.2, 0.25) is 0 Å². The first-order valence-electron chi connectivity index (χ1n) is 5.51. The van der Waals surface area contributed by atoms with Crippen molar-refractivity contribution in [1.29, 1.82) is 0 Å². The Morgan fingerprint density at radius 1 is 1.17 bits per heavy atom. The predicted molar refractivity (Wildman–Crippen MR) is 71.8 cm³/mol. The van der Waals surface area contributed by atoms with Gasteiger partial charge in [0.05, 0.1) is 17.3 Å². The first-order valence-corrected chi connectivity index (χ1v) is 5.89. The van der Waals surface area contributed by atoms with Crippen LogP contribution in [0.3, 0.4) is 0 Å². The number of halogens is 2. The molecule has 2 aromatic carbocycles. The minimum atomic E-state index is -0.284. The molecule has 18 heavy (non-hydrogen) atoms. The Morgan fingerprint density at radius 2 is 1.83 bits per heavy atom. The second kappa shape index (κ2) is 5.38. The van der Waals surface area contributed by atoms with Crippen LogP contribution in [0.5, 0.6) is 0 Å². The van der Waals surface area contributed by atoms with Crippen molar-refractivity contribution in [1.82, 2.24) is 0 Å². The van der Waals surface area contributed by atoms with E-state index in [1.807, 2.05) is 11.9 Å². The third-order valence-corrected chi connectivity index (χ3v) is 3.10. The number of hydrogen-bond acceptors (Lipinski definition) is 2. The van der Waals surface area contributed by atoms with Crippen molar-refractivity contribution in [2.24, 2.45) is 0 Å². The van der Waals surface area contributed by atoms with Gasteiger partial charge in [0.25, 0.3) is 0 Å². The van der Waals surface area contributed by atoms with Gasteiger partial charge in [-0.1, -0.05) is 23.7 Å². The molecule has 0 saturated carbocycles. The third kappa shape index (κ3) is 2.47. The molecule has 0 fully saturated rings. The second-order valence-electron chi connectivity index (χ2n) is 3.94. The normalized spacial score (nSPS) is 10.4. The zero-order valence-electron chi connectivity index (χ0n) is 9.90. The lowest BCUT2D eigenvalue weighted by Gasteiger charge is -2.23. The number of nitrogens with zero attached hydrogens (tertiary/aromatic N) is 1. The molecule has 0 aliphatic carbocycles. The summed E-state index contributed by atoms with van der Waals surface area (Å²) in [6.45, 7) is -0.0958. The summed E-state index contributed by atoms with van der Waals surface area (Å²) in [5.74, 6) is -0.284. The van der Waals surface area contributed by atoms with Gasteiger partial charge in [0, 0.05) is 18.3 Å². The van der Waals surface area contributed by atoms with Crippen LogP contribution in [0.2, 0.25) is 5.02 Å². The molecule has 0 spiro atoms. The molecule has 1 N–H and O–H groups in total. The molecule has 2 aromatic rings. The Labute approximate surface area is 110 Å². The number of anilines is 2. The molecule has 0 radical (unpaired) electrons. The molecule has 4 heteroatoms. The van der Waals surface area contributed by atoms with Crippen molar-refractivity contribution < 1.29 is 9.50 Å². The van der Waals surface area contributed by atoms with E-state index in [0.717, 1.165) is 16.9 Å². The molecule has 0 unspecified atom stereocenters. The lowest BCUT2D eigenvalue weighted by atomic mass is 10.1. The summed E-state index contributed by atoms with van der Waals surface area (Å²) in [7, 11) is 1.83. The average molecular weight is 266 g/mol. The van der Waals surface area contributed by atoms with Gasteiger partial charge in [-0.05, 0) is 30.3 Å². The number of rotatable bonds is 3. The summed E-state index contributed by atoms with van der Waals surface area (Å²) in [6.07, 6.45) is 0. The topological polar surface area (TPSA) is 23.5 Å². The highest BCUT2D eigenvalue weighted by atomic mass is 35.5. The summed E-state index contributed by atoms with van der Waals surface area (Å²) in [6, 6.07) is 11.5. The molecule has 0 saturated heterocycles. The van der Waals surface area contributed by atoms with Crippen LogP contribution in [0, 0.1) is 5.82 Å². The van der Waals surface area contributed by atoms with Gasteiger partial charge < -0.3 is 10.0 Å². The van der Waals surface area contributed by atoms with Crippen molar-refractivity contribution in [3.05, 3.63) is 58.9 Å². The smallest absolute Gasteiger partial charge is 0.123 e. The molecule has 2 rings (SSSR count). The molecule has 0 aromatic heterocycles. The summed E-state index contributed by atoms with van der Waals surface area (Å²) in [4.78, 5) is 1.83. The SMILES string of the molecule is CN(c1ccc(F)cc1)c1c(Cl)cccc1CO. The Kier molecular flexibility index (Phi) is 3.84. The van der Waals surface area contributed by atoms with E-state index < -0.39 is 0 Å². The van der Waals surface area contributed by atoms with Gasteiger partial charge >= 0.3 is 0 Å². The lowest BCUT2D eigenvalue weighted by molar-refractivity contribution is 0.282. The van der Waals surface area contributed by atoms with E-state index in [1.54, 1.807) is 30.3 Å². The van der Waals surface area contributed by atoms with Crippen LogP contribution in [0.25, 0.3) is 0 Å². The fraction of sp³-hybridized carbons (Fsp3) is 0.143. The van der Waals surface area contributed by atoms with Crippen molar-refractivity contribution >= 4 is 23.0 Å². The highest BCUT2D eigenvalue weighted by Crippen LogP contribution is 2.33. The summed E-state index contributed by atoms with van der Waals surface area (Å²) in [5.41, 5.74) is 2.27. The number of aliphatic hydroxyl groups is 1. The maximum Gasteiger partial charge on any atom is 0.123 e. The predicted octanol–water partition coefficient (Wildman–Crippen LogP) is 3.74. The zero-order chi connectivity index (χ0) is 13.1. The van der Waals surface area contributed by atoms with E-state index in [0.29, 0.717) is 5.02 Å². The standard InChI is InChI=1S/C14H13ClFNO/c1-17(12-7-5-11(16)6-8-12)14-10(9-18)3-2-4-13(14)15/h2-8,18H,9H2,1H3. The maximum absolute atomic E-state index is 12.9. The van der Waals surface area contributed by atoms with Gasteiger partial charge in [-0.2, -0.15) is 0 Å². The van der Waals surface area contributed by atoms with Crippen LogP contribution >= 0.6 is 11.6 Å². The van der Waals surface area contributed by atoms with Crippen LogP contribution in [0.4, 0.5) is 15.8 Å². The number of benzene rings is 2. The van der Waals surface area contributed by atoms with Crippen LogP contribution in [-0.4, -0.2) is 12.2 Å². The minimum Gasteiger partial charge on any atom is -0.392 e. The molecule has 0 aliphatic heterocycles. The van der Waals surface area contributed by atoms with Crippen LogP contribution < -0.4 is 4.90 Å². The fourth-order valence-electron chi connectivity index (χ4n) is 1.86. The van der Waals surface area contributed by atoms with Crippen molar-refractivity contribution in [2.45, 2.75) is 6.61 Å². The zero-order valence-corrected chi connectivity index (χ0v) is 10.7. The average Bonchev–Trinajstić information content (AvgIpc) is 2.38. The van der Waals surface area contributed by atoms with Gasteiger partial charge in [0.15, 0.2) is 0 Å². The Bertz CT molecular complexity index is 542. The molecule has 0 amide bonds. The summed E-state index contributed by atoms with van der Waals surface area (Å²) < 4.78 is 12.9. The molecule has 0 aliphatic rings. The van der Waals surface area contributed by atoms with E-state index in [-0.39, 0.29) is 12.4 Å². The second-order valence-corrected chi connectivity index (χ2v) is 4.35. The largest absolute Gasteiger partial charge is 0.392 e. The van der Waals surface area contributed by atoms with Crippen molar-refractivity contribution in [2.75, 3.05) is 11.9 Å². The van der Waals surface area contributed by atoms with Gasteiger partial charge in [0.1, 0.15) is 5.82 Å². The Hall–Kier alpha value is -1.58. The Balaban J connectivity index is 2.45. The van der Waals surface area contributed by atoms with E-state index in [4.69, 9.17) is 11.6 Å². The lowest BCUT2D eigenvalue weighted by Crippen LogP contribution is -2.12. The van der Waals surface area contributed by atoms with Gasteiger partial charge in [-0.3, -0.25) is 0 Å². The molecular weight excluding hydrogens is 253 g/mol. The van der Waals surface area contributed by atoms with Crippen molar-refractivity contribution in [3.8, 4) is 0 Å². The maximum atomic E-state index is 12.9. The first-order chi connectivity index (χ1) is 8.63. The Morgan fingerprint density at radius 3 is 2.44 bits per heavy atom. The van der Waals surface area contributed by atoms with E-state index in [1.165, 1.54) is 12.1 Å². The third-order valence-electron chi connectivity index (χ3n) is 2.79. The quantitative estimate of drug-likeness (QED) is 0.914.